The lowest BCUT2D eigenvalue weighted by atomic mass is 10.1. The van der Waals surface area contributed by atoms with Crippen molar-refractivity contribution in [2.45, 2.75) is 24.6 Å². The second kappa shape index (κ2) is 7.78. The Bertz CT molecular complexity index is 463. The lowest BCUT2D eigenvalue weighted by molar-refractivity contribution is -0.139. The number of hydrogen-bond donors (Lipinski definition) is 3. The van der Waals surface area contributed by atoms with Gasteiger partial charge in [0.05, 0.1) is 6.20 Å². The molecule has 0 aliphatic heterocycles. The van der Waals surface area contributed by atoms with Crippen LogP contribution in [0.5, 0.6) is 0 Å². The Morgan fingerprint density at radius 2 is 2.25 bits per heavy atom. The van der Waals surface area contributed by atoms with E-state index in [-0.39, 0.29) is 0 Å². The van der Waals surface area contributed by atoms with E-state index in [0.29, 0.717) is 17.4 Å². The van der Waals surface area contributed by atoms with E-state index in [2.05, 4.69) is 22.7 Å². The number of nitrogens with zero attached hydrogens (tertiary/aromatic N) is 2. The number of thioether (sulfide) groups is 1. The minimum Gasteiger partial charge on any atom is -0.479 e. The summed E-state index contributed by atoms with van der Waals surface area (Å²) in [5.41, 5.74) is 0.438. The van der Waals surface area contributed by atoms with Gasteiger partial charge >= 0.3 is 12.0 Å². The number of amides is 2. The average Bonchev–Trinajstić information content (AvgIpc) is 2.81. The molecule has 7 nitrogen and oxygen atoms in total. The van der Waals surface area contributed by atoms with Crippen LogP contribution < -0.4 is 10.6 Å². The Morgan fingerprint density at radius 1 is 1.55 bits per heavy atom. The maximum atomic E-state index is 11.7. The van der Waals surface area contributed by atoms with Gasteiger partial charge in [0, 0.05) is 30.6 Å². The van der Waals surface area contributed by atoms with Crippen LogP contribution in [0.25, 0.3) is 0 Å². The van der Waals surface area contributed by atoms with Crippen molar-refractivity contribution >= 4 is 23.8 Å². The molecule has 2 unspecified atom stereocenters. The number of aryl methyl sites for hydroxylation is 1. The topological polar surface area (TPSA) is 96.2 Å². The van der Waals surface area contributed by atoms with Crippen molar-refractivity contribution in [1.29, 1.82) is 0 Å². The predicted octanol–water partition coefficient (Wildman–Crippen LogP) is 0.987. The molecule has 2 amide bonds. The van der Waals surface area contributed by atoms with Gasteiger partial charge in [-0.25, -0.2) is 9.59 Å². The van der Waals surface area contributed by atoms with E-state index in [4.69, 9.17) is 5.11 Å². The molecular formula is C12H20N4O3S. The number of aromatic nitrogens is 2. The smallest absolute Gasteiger partial charge is 0.331 e. The van der Waals surface area contributed by atoms with Crippen LogP contribution in [-0.4, -0.2) is 44.9 Å². The van der Waals surface area contributed by atoms with Crippen LogP contribution in [0.3, 0.4) is 0 Å². The molecule has 1 aromatic rings. The molecule has 3 N–H and O–H groups in total. The second-order valence-corrected chi connectivity index (χ2v) is 5.73. The minimum atomic E-state index is -1.12. The molecule has 0 aliphatic carbocycles. The van der Waals surface area contributed by atoms with Gasteiger partial charge in [0.15, 0.2) is 6.04 Å². The van der Waals surface area contributed by atoms with Gasteiger partial charge in [0.1, 0.15) is 0 Å². The highest BCUT2D eigenvalue weighted by Crippen LogP contribution is 2.12. The normalized spacial score (nSPS) is 13.6. The van der Waals surface area contributed by atoms with Crippen LogP contribution in [0, 0.1) is 0 Å². The first-order chi connectivity index (χ1) is 9.43. The lowest BCUT2D eigenvalue weighted by Crippen LogP contribution is -2.41. The van der Waals surface area contributed by atoms with Crippen LogP contribution in [0.1, 0.15) is 24.9 Å². The molecule has 0 aliphatic rings. The summed E-state index contributed by atoms with van der Waals surface area (Å²) in [6.45, 7) is 2.58. The van der Waals surface area contributed by atoms with Gasteiger partial charge in [-0.2, -0.15) is 16.9 Å². The van der Waals surface area contributed by atoms with Gasteiger partial charge in [-0.05, 0) is 12.7 Å². The van der Waals surface area contributed by atoms with Crippen molar-refractivity contribution in [2.75, 3.05) is 12.8 Å². The van der Waals surface area contributed by atoms with Crippen LogP contribution >= 0.6 is 11.8 Å². The minimum absolute atomic E-state index is 0.438. The summed E-state index contributed by atoms with van der Waals surface area (Å²) in [7, 11) is 1.69. The second-order valence-electron chi connectivity index (χ2n) is 4.45. The zero-order valence-electron chi connectivity index (χ0n) is 11.8. The van der Waals surface area contributed by atoms with Crippen molar-refractivity contribution in [3.8, 4) is 0 Å². The molecule has 0 saturated carbocycles. The number of hydrogen-bond acceptors (Lipinski definition) is 4. The molecule has 0 aromatic carbocycles. The number of urea groups is 1. The summed E-state index contributed by atoms with van der Waals surface area (Å²) < 4.78 is 1.49. The molecule has 0 fully saturated rings. The first-order valence-electron chi connectivity index (χ1n) is 6.22. The fourth-order valence-electron chi connectivity index (χ4n) is 1.57. The number of carbonyl (C=O) groups is 2. The molecule has 1 aromatic heterocycles. The van der Waals surface area contributed by atoms with E-state index >= 15 is 0 Å². The maximum absolute atomic E-state index is 11.7. The third-order valence-electron chi connectivity index (χ3n) is 2.82. The van der Waals surface area contributed by atoms with Crippen LogP contribution in [0.2, 0.25) is 0 Å². The van der Waals surface area contributed by atoms with Gasteiger partial charge in [0.25, 0.3) is 0 Å². The van der Waals surface area contributed by atoms with Gasteiger partial charge in [-0.15, -0.1) is 0 Å². The molecule has 0 bridgehead atoms. The zero-order valence-corrected chi connectivity index (χ0v) is 12.6. The number of nitrogens with one attached hydrogen (secondary N) is 2. The molecular weight excluding hydrogens is 280 g/mol. The number of aliphatic carboxylic acids is 1. The summed E-state index contributed by atoms with van der Waals surface area (Å²) in [4.78, 5) is 22.9. The van der Waals surface area contributed by atoms with E-state index in [9.17, 15) is 9.59 Å². The van der Waals surface area contributed by atoms with Crippen LogP contribution in [-0.2, 0) is 11.8 Å². The van der Waals surface area contributed by atoms with Crippen molar-refractivity contribution in [3.63, 3.8) is 0 Å². The highest BCUT2D eigenvalue weighted by atomic mass is 32.2. The van der Waals surface area contributed by atoms with E-state index in [1.165, 1.54) is 10.9 Å². The molecule has 2 atom stereocenters. The first kappa shape index (κ1) is 16.4. The van der Waals surface area contributed by atoms with Gasteiger partial charge in [-0.1, -0.05) is 6.92 Å². The van der Waals surface area contributed by atoms with Crippen LogP contribution in [0.15, 0.2) is 12.4 Å². The summed E-state index contributed by atoms with van der Waals surface area (Å²) >= 11 is 1.72. The first-order valence-corrected chi connectivity index (χ1v) is 7.51. The highest BCUT2D eigenvalue weighted by molar-refractivity contribution is 7.99. The Hall–Kier alpha value is -1.70. The fraction of sp³-hybridized carbons (Fsp3) is 0.583. The SMILES string of the molecule is CSC(C)CCNC(=O)NC(C(=O)O)c1cnn(C)c1. The zero-order chi connectivity index (χ0) is 15.1. The summed E-state index contributed by atoms with van der Waals surface area (Å²) in [6, 6.07) is -1.59. The molecule has 1 heterocycles. The molecule has 8 heteroatoms. The summed E-state index contributed by atoms with van der Waals surface area (Å²) in [5.74, 6) is -1.12. The fourth-order valence-corrected chi connectivity index (χ4v) is 1.92. The summed E-state index contributed by atoms with van der Waals surface area (Å²) in [6.07, 6.45) is 5.83. The van der Waals surface area contributed by atoms with Gasteiger partial charge in [-0.3, -0.25) is 4.68 Å². The molecule has 0 radical (unpaired) electrons. The quantitative estimate of drug-likeness (QED) is 0.698. The molecule has 112 valence electrons. The van der Waals surface area contributed by atoms with Crippen molar-refractivity contribution in [3.05, 3.63) is 18.0 Å². The van der Waals surface area contributed by atoms with E-state index < -0.39 is 18.0 Å². The van der Waals surface area contributed by atoms with Crippen LogP contribution in [0.4, 0.5) is 4.79 Å². The van der Waals surface area contributed by atoms with Crippen molar-refractivity contribution in [2.24, 2.45) is 7.05 Å². The third-order valence-corrected chi connectivity index (χ3v) is 3.86. The Labute approximate surface area is 122 Å². The number of carbonyl (C=O) groups excluding carboxylic acids is 1. The van der Waals surface area contributed by atoms with E-state index in [1.807, 2.05) is 6.26 Å². The van der Waals surface area contributed by atoms with Gasteiger partial charge < -0.3 is 15.7 Å². The molecule has 0 saturated heterocycles. The highest BCUT2D eigenvalue weighted by Gasteiger charge is 2.23. The monoisotopic (exact) mass is 300 g/mol. The maximum Gasteiger partial charge on any atom is 0.331 e. The molecule has 1 rings (SSSR count). The Morgan fingerprint density at radius 3 is 2.75 bits per heavy atom. The predicted molar refractivity (Wildman–Crippen MR) is 77.7 cm³/mol. The Balaban J connectivity index is 2.50. The average molecular weight is 300 g/mol. The largest absolute Gasteiger partial charge is 0.479 e. The Kier molecular flexibility index (Phi) is 6.37. The molecule has 0 spiro atoms. The number of carboxylic acid groups (broad SMARTS) is 1. The van der Waals surface area contributed by atoms with E-state index in [1.54, 1.807) is 25.0 Å². The van der Waals surface area contributed by atoms with Crippen molar-refractivity contribution < 1.29 is 14.7 Å². The third kappa shape index (κ3) is 5.12. The number of rotatable bonds is 7. The van der Waals surface area contributed by atoms with Gasteiger partial charge in [0.2, 0.25) is 0 Å². The van der Waals surface area contributed by atoms with Crippen molar-refractivity contribution in [1.82, 2.24) is 20.4 Å². The molecule has 20 heavy (non-hydrogen) atoms. The summed E-state index contributed by atoms with van der Waals surface area (Å²) in [5, 5.41) is 18.6. The number of carboxylic acids is 1. The standard InChI is InChI=1S/C12H20N4O3S/c1-8(20-3)4-5-13-12(19)15-10(11(17)18)9-6-14-16(2)7-9/h6-8,10H,4-5H2,1-3H3,(H,17,18)(H2,13,15,19). The lowest BCUT2D eigenvalue weighted by Gasteiger charge is -2.14. The van der Waals surface area contributed by atoms with E-state index in [0.717, 1.165) is 6.42 Å².